The highest BCUT2D eigenvalue weighted by Crippen LogP contribution is 2.09. The number of allylic oxidation sites excluding steroid dienone is 5. The second kappa shape index (κ2) is 6.11. The molecular formula is C10H11NO. The van der Waals surface area contributed by atoms with E-state index >= 15 is 0 Å². The summed E-state index contributed by atoms with van der Waals surface area (Å²) in [7, 11) is 0. The topological polar surface area (TPSA) is 40.9 Å². The van der Waals surface area contributed by atoms with Gasteiger partial charge in [0.15, 0.2) is 0 Å². The summed E-state index contributed by atoms with van der Waals surface area (Å²) in [5, 5.41) is 8.62. The number of carbonyl (C=O) groups is 1. The molecule has 62 valence electrons. The Morgan fingerprint density at radius 3 is 2.67 bits per heavy atom. The Labute approximate surface area is 72.5 Å². The molecule has 0 aromatic rings. The molecule has 0 fully saturated rings. The first-order chi connectivity index (χ1) is 5.79. The lowest BCUT2D eigenvalue weighted by Crippen LogP contribution is -1.85. The predicted molar refractivity (Wildman–Crippen MR) is 48.3 cm³/mol. The molecule has 0 radical (unpaired) electrons. The minimum absolute atomic E-state index is 0.263. The van der Waals surface area contributed by atoms with Crippen molar-refractivity contribution < 1.29 is 4.79 Å². The van der Waals surface area contributed by atoms with Crippen LogP contribution in [-0.2, 0) is 4.79 Å². The van der Waals surface area contributed by atoms with Crippen LogP contribution in [0.2, 0.25) is 0 Å². The van der Waals surface area contributed by atoms with Crippen LogP contribution in [0, 0.1) is 11.3 Å². The molecular weight excluding hydrogens is 150 g/mol. The lowest BCUT2D eigenvalue weighted by molar-refractivity contribution is -0.107. The highest BCUT2D eigenvalue weighted by atomic mass is 16.1. The molecule has 0 aliphatic carbocycles. The van der Waals surface area contributed by atoms with Crippen molar-refractivity contribution in [3.8, 4) is 6.07 Å². The number of hydrogen-bond acceptors (Lipinski definition) is 2. The van der Waals surface area contributed by atoms with Gasteiger partial charge in [0.2, 0.25) is 0 Å². The van der Waals surface area contributed by atoms with Gasteiger partial charge in [0.05, 0.1) is 11.6 Å². The quantitative estimate of drug-likeness (QED) is 0.360. The van der Waals surface area contributed by atoms with Gasteiger partial charge in [0.1, 0.15) is 6.29 Å². The van der Waals surface area contributed by atoms with E-state index in [-0.39, 0.29) is 6.42 Å². The van der Waals surface area contributed by atoms with Crippen molar-refractivity contribution in [2.75, 3.05) is 0 Å². The van der Waals surface area contributed by atoms with Crippen molar-refractivity contribution in [3.63, 3.8) is 0 Å². The lowest BCUT2D eigenvalue weighted by Gasteiger charge is -1.96. The largest absolute Gasteiger partial charge is 0.303 e. The summed E-state index contributed by atoms with van der Waals surface area (Å²) < 4.78 is 0. The second-order valence-electron chi connectivity index (χ2n) is 2.13. The van der Waals surface area contributed by atoms with Crippen molar-refractivity contribution >= 4 is 6.29 Å². The van der Waals surface area contributed by atoms with Crippen molar-refractivity contribution in [1.82, 2.24) is 0 Å². The van der Waals surface area contributed by atoms with Crippen molar-refractivity contribution in [2.45, 2.75) is 13.3 Å². The Bertz CT molecular complexity index is 266. The maximum atomic E-state index is 10.2. The molecule has 2 heteroatoms. The predicted octanol–water partition coefficient (Wildman–Crippen LogP) is 2.16. The second-order valence-corrected chi connectivity index (χ2v) is 2.13. The summed E-state index contributed by atoms with van der Waals surface area (Å²) in [5.41, 5.74) is 1.17. The van der Waals surface area contributed by atoms with Crippen molar-refractivity contribution in [2.24, 2.45) is 0 Å². The first-order valence-electron chi connectivity index (χ1n) is 3.62. The van der Waals surface area contributed by atoms with Gasteiger partial charge in [-0.2, -0.15) is 5.26 Å². The molecule has 0 unspecified atom stereocenters. The van der Waals surface area contributed by atoms with E-state index < -0.39 is 0 Å². The summed E-state index contributed by atoms with van der Waals surface area (Å²) in [6.07, 6.45) is 6.03. The molecule has 0 amide bonds. The molecule has 0 atom stereocenters. The van der Waals surface area contributed by atoms with Crippen LogP contribution >= 0.6 is 0 Å². The summed E-state index contributed by atoms with van der Waals surface area (Å²) in [4.78, 5) is 10.2. The van der Waals surface area contributed by atoms with E-state index in [1.165, 1.54) is 6.08 Å². The molecule has 0 bridgehead atoms. The van der Waals surface area contributed by atoms with Gasteiger partial charge in [-0.15, -0.1) is 0 Å². The minimum atomic E-state index is 0.263. The fraction of sp³-hybridized carbons (Fsp3) is 0.200. The third-order valence-corrected chi connectivity index (χ3v) is 1.34. The van der Waals surface area contributed by atoms with Crippen molar-refractivity contribution in [3.05, 3.63) is 36.0 Å². The van der Waals surface area contributed by atoms with E-state index in [9.17, 15) is 4.79 Å². The number of nitriles is 1. The summed E-state index contributed by atoms with van der Waals surface area (Å²) in [5.74, 6) is 0. The van der Waals surface area contributed by atoms with Crippen LogP contribution in [0.25, 0.3) is 0 Å². The van der Waals surface area contributed by atoms with Gasteiger partial charge in [0, 0.05) is 6.42 Å². The number of carbonyl (C=O) groups excluding carboxylic acids is 1. The van der Waals surface area contributed by atoms with Gasteiger partial charge < -0.3 is 4.79 Å². The molecule has 0 aliphatic heterocycles. The maximum absolute atomic E-state index is 10.2. The third-order valence-electron chi connectivity index (χ3n) is 1.34. The maximum Gasteiger partial charge on any atom is 0.124 e. The third kappa shape index (κ3) is 2.98. The lowest BCUT2D eigenvalue weighted by atomic mass is 10.1. The molecule has 2 nitrogen and oxygen atoms in total. The van der Waals surface area contributed by atoms with E-state index in [0.29, 0.717) is 11.1 Å². The summed E-state index contributed by atoms with van der Waals surface area (Å²) >= 11 is 0. The van der Waals surface area contributed by atoms with Gasteiger partial charge >= 0.3 is 0 Å². The molecule has 0 aliphatic rings. The zero-order valence-corrected chi connectivity index (χ0v) is 7.08. The Morgan fingerprint density at radius 2 is 2.33 bits per heavy atom. The van der Waals surface area contributed by atoms with Crippen LogP contribution < -0.4 is 0 Å². The first kappa shape index (κ1) is 10.4. The SMILES string of the molecule is C=C/C(C#N)=C(\C=C/C)CC=O. The van der Waals surface area contributed by atoms with E-state index in [0.717, 1.165) is 6.29 Å². The van der Waals surface area contributed by atoms with Crippen molar-refractivity contribution in [1.29, 1.82) is 5.26 Å². The molecule has 12 heavy (non-hydrogen) atoms. The Hall–Kier alpha value is -1.62. The molecule has 0 rings (SSSR count). The average Bonchev–Trinajstić information content (AvgIpc) is 2.07. The van der Waals surface area contributed by atoms with Gasteiger partial charge in [-0.05, 0) is 12.5 Å². The summed E-state index contributed by atoms with van der Waals surface area (Å²) in [6.45, 7) is 5.32. The van der Waals surface area contributed by atoms with E-state index in [4.69, 9.17) is 5.26 Å². The van der Waals surface area contributed by atoms with E-state index in [1.807, 2.05) is 13.0 Å². The molecule has 0 saturated carbocycles. The Balaban J connectivity index is 4.90. The van der Waals surface area contributed by atoms with Gasteiger partial charge in [-0.25, -0.2) is 0 Å². The number of hydrogen-bond donors (Lipinski definition) is 0. The molecule has 0 aromatic heterocycles. The van der Waals surface area contributed by atoms with E-state index in [2.05, 4.69) is 6.58 Å². The van der Waals surface area contributed by atoms with Crippen LogP contribution in [-0.4, -0.2) is 6.29 Å². The van der Waals surface area contributed by atoms with E-state index in [1.54, 1.807) is 12.2 Å². The van der Waals surface area contributed by atoms with Gasteiger partial charge in [-0.1, -0.05) is 24.8 Å². The highest BCUT2D eigenvalue weighted by molar-refractivity contribution is 5.59. The monoisotopic (exact) mass is 161 g/mol. The number of nitrogens with zero attached hydrogens (tertiary/aromatic N) is 1. The van der Waals surface area contributed by atoms with Crippen LogP contribution in [0.15, 0.2) is 36.0 Å². The molecule has 0 saturated heterocycles. The fourth-order valence-corrected chi connectivity index (χ4v) is 0.807. The number of aldehydes is 1. The average molecular weight is 161 g/mol. The normalized spacial score (nSPS) is 12.0. The number of rotatable bonds is 4. The molecule has 0 heterocycles. The van der Waals surface area contributed by atoms with Crippen LogP contribution in [0.1, 0.15) is 13.3 Å². The molecule has 0 N–H and O–H groups in total. The molecule has 0 spiro atoms. The van der Waals surface area contributed by atoms with Gasteiger partial charge in [0.25, 0.3) is 0 Å². The van der Waals surface area contributed by atoms with Crippen LogP contribution in [0.4, 0.5) is 0 Å². The fourth-order valence-electron chi connectivity index (χ4n) is 0.807. The van der Waals surface area contributed by atoms with Gasteiger partial charge in [-0.3, -0.25) is 0 Å². The zero-order chi connectivity index (χ0) is 9.40. The Morgan fingerprint density at radius 1 is 1.67 bits per heavy atom. The molecule has 0 aromatic carbocycles. The zero-order valence-electron chi connectivity index (χ0n) is 7.08. The van der Waals surface area contributed by atoms with Crippen LogP contribution in [0.5, 0.6) is 0 Å². The standard InChI is InChI=1S/C10H11NO/c1-3-5-10(6-7-12)9(4-2)8-11/h3-5,7H,2,6H2,1H3/b5-3-,10-9-. The Kier molecular flexibility index (Phi) is 5.29. The first-order valence-corrected chi connectivity index (χ1v) is 3.62. The highest BCUT2D eigenvalue weighted by Gasteiger charge is 1.97. The smallest absolute Gasteiger partial charge is 0.124 e. The van der Waals surface area contributed by atoms with Crippen LogP contribution in [0.3, 0.4) is 0 Å². The summed E-state index contributed by atoms with van der Waals surface area (Å²) in [6, 6.07) is 1.97. The minimum Gasteiger partial charge on any atom is -0.303 e.